The Morgan fingerprint density at radius 1 is 0.698 bits per heavy atom. The SMILES string of the molecule is CCC(C)(C)CC(O)COc1cccc(OCC(O)CC(CC)(CC)C(C)(CC)OC(=O)CCC(=O)OC(C)(C)CC)c1. The van der Waals surface area contributed by atoms with Crippen LogP contribution >= 0.6 is 0 Å². The van der Waals surface area contributed by atoms with Crippen LogP contribution in [0.5, 0.6) is 11.5 Å². The van der Waals surface area contributed by atoms with Gasteiger partial charge in [-0.2, -0.15) is 0 Å². The minimum atomic E-state index is -0.845. The van der Waals surface area contributed by atoms with Gasteiger partial charge >= 0.3 is 11.9 Å². The fourth-order valence-corrected chi connectivity index (χ4v) is 5.39. The minimum Gasteiger partial charge on any atom is -0.491 e. The summed E-state index contributed by atoms with van der Waals surface area (Å²) in [6.07, 6.45) is 3.13. The van der Waals surface area contributed by atoms with E-state index in [1.165, 1.54) is 0 Å². The first kappa shape index (κ1) is 38.7. The molecule has 0 aliphatic carbocycles. The van der Waals surface area contributed by atoms with Crippen LogP contribution in [0.1, 0.15) is 127 Å². The Hall–Kier alpha value is -2.32. The molecule has 3 atom stereocenters. The quantitative estimate of drug-likeness (QED) is 0.139. The third-order valence-corrected chi connectivity index (χ3v) is 9.33. The first-order chi connectivity index (χ1) is 20.0. The zero-order valence-corrected chi connectivity index (χ0v) is 28.6. The van der Waals surface area contributed by atoms with Crippen molar-refractivity contribution >= 4 is 11.9 Å². The summed E-state index contributed by atoms with van der Waals surface area (Å²) in [5, 5.41) is 21.5. The average molecular weight is 609 g/mol. The van der Waals surface area contributed by atoms with Gasteiger partial charge in [0.2, 0.25) is 0 Å². The highest BCUT2D eigenvalue weighted by Gasteiger charge is 2.48. The summed E-state index contributed by atoms with van der Waals surface area (Å²) in [6, 6.07) is 7.18. The van der Waals surface area contributed by atoms with Gasteiger partial charge in [0.1, 0.15) is 35.9 Å². The lowest BCUT2D eigenvalue weighted by molar-refractivity contribution is -0.183. The Bertz CT molecular complexity index is 984. The van der Waals surface area contributed by atoms with Gasteiger partial charge in [0.15, 0.2) is 0 Å². The van der Waals surface area contributed by atoms with E-state index >= 15 is 0 Å². The van der Waals surface area contributed by atoms with Gasteiger partial charge in [0.05, 0.1) is 25.0 Å². The molecule has 8 nitrogen and oxygen atoms in total. The standard InChI is InChI=1S/C35H60O8/c1-11-32(6,7)22-26(36)24-40-28-17-16-18-29(21-28)41-25-27(37)23-35(14-4,15-5)34(10,13-3)43-31(39)20-19-30(38)42-33(8,9)12-2/h16-18,21,26-27,36-37H,11-15,19-20,22-25H2,1-10H3. The Kier molecular flexibility index (Phi) is 15.5. The molecule has 0 fully saturated rings. The number of aliphatic hydroxyl groups excluding tert-OH is 2. The van der Waals surface area contributed by atoms with Crippen molar-refractivity contribution < 1.29 is 38.7 Å². The van der Waals surface area contributed by atoms with Gasteiger partial charge in [-0.3, -0.25) is 9.59 Å². The van der Waals surface area contributed by atoms with Crippen molar-refractivity contribution in [2.24, 2.45) is 10.8 Å². The molecule has 1 aromatic rings. The molecule has 0 saturated carbocycles. The Morgan fingerprint density at radius 2 is 1.19 bits per heavy atom. The highest BCUT2D eigenvalue weighted by molar-refractivity contribution is 5.78. The number of aliphatic hydroxyl groups is 2. The molecular weight excluding hydrogens is 548 g/mol. The Balaban J connectivity index is 2.80. The number of carbonyl (C=O) groups excluding carboxylic acids is 2. The molecule has 0 radical (unpaired) electrons. The molecule has 0 spiro atoms. The van der Waals surface area contributed by atoms with Gasteiger partial charge in [0, 0.05) is 11.5 Å². The van der Waals surface area contributed by atoms with Gasteiger partial charge in [-0.25, -0.2) is 0 Å². The van der Waals surface area contributed by atoms with E-state index in [0.29, 0.717) is 50.0 Å². The van der Waals surface area contributed by atoms with Gasteiger partial charge in [-0.1, -0.05) is 61.0 Å². The van der Waals surface area contributed by atoms with Crippen LogP contribution in [0.3, 0.4) is 0 Å². The number of ether oxygens (including phenoxy) is 4. The third-order valence-electron chi connectivity index (χ3n) is 9.33. The van der Waals surface area contributed by atoms with Gasteiger partial charge < -0.3 is 29.2 Å². The minimum absolute atomic E-state index is 0.0394. The van der Waals surface area contributed by atoms with Crippen molar-refractivity contribution in [1.29, 1.82) is 0 Å². The number of rotatable bonds is 21. The number of benzene rings is 1. The highest BCUT2D eigenvalue weighted by atomic mass is 16.6. The van der Waals surface area contributed by atoms with E-state index < -0.39 is 40.8 Å². The monoisotopic (exact) mass is 608 g/mol. The van der Waals surface area contributed by atoms with Gasteiger partial charge in [-0.05, 0) is 76.8 Å². The molecule has 43 heavy (non-hydrogen) atoms. The predicted octanol–water partition coefficient (Wildman–Crippen LogP) is 7.41. The van der Waals surface area contributed by atoms with Crippen LogP contribution in [0.25, 0.3) is 0 Å². The maximum atomic E-state index is 12.9. The lowest BCUT2D eigenvalue weighted by Gasteiger charge is -2.48. The fourth-order valence-electron chi connectivity index (χ4n) is 5.39. The predicted molar refractivity (Wildman–Crippen MR) is 170 cm³/mol. The highest BCUT2D eigenvalue weighted by Crippen LogP contribution is 2.47. The van der Waals surface area contributed by atoms with E-state index in [2.05, 4.69) is 20.8 Å². The van der Waals surface area contributed by atoms with Gasteiger partial charge in [0.25, 0.3) is 0 Å². The average Bonchev–Trinajstić information content (AvgIpc) is 2.96. The summed E-state index contributed by atoms with van der Waals surface area (Å²) in [5.74, 6) is 0.275. The van der Waals surface area contributed by atoms with Crippen molar-refractivity contribution in [3.8, 4) is 11.5 Å². The van der Waals surface area contributed by atoms with Crippen LogP contribution in [0.2, 0.25) is 0 Å². The molecule has 0 amide bonds. The number of carbonyl (C=O) groups is 2. The van der Waals surface area contributed by atoms with E-state index in [4.69, 9.17) is 18.9 Å². The molecule has 0 heterocycles. The summed E-state index contributed by atoms with van der Waals surface area (Å²) in [5.41, 5.74) is -1.87. The normalized spacial score (nSPS) is 15.3. The fraction of sp³-hybridized carbons (Fsp3) is 0.771. The number of hydrogen-bond acceptors (Lipinski definition) is 8. The molecule has 0 saturated heterocycles. The maximum Gasteiger partial charge on any atom is 0.306 e. The molecule has 248 valence electrons. The van der Waals surface area contributed by atoms with Crippen molar-refractivity contribution in [3.05, 3.63) is 24.3 Å². The van der Waals surface area contributed by atoms with E-state index in [-0.39, 0.29) is 31.5 Å². The van der Waals surface area contributed by atoms with Crippen LogP contribution in [0.4, 0.5) is 0 Å². The van der Waals surface area contributed by atoms with Crippen molar-refractivity contribution in [2.75, 3.05) is 13.2 Å². The van der Waals surface area contributed by atoms with E-state index in [0.717, 1.165) is 6.42 Å². The van der Waals surface area contributed by atoms with Gasteiger partial charge in [-0.15, -0.1) is 0 Å². The molecule has 1 aromatic carbocycles. The van der Waals surface area contributed by atoms with E-state index in [1.807, 2.05) is 60.6 Å². The van der Waals surface area contributed by atoms with Crippen molar-refractivity contribution in [2.45, 2.75) is 150 Å². The molecule has 0 aliphatic heterocycles. The topological polar surface area (TPSA) is 112 Å². The number of esters is 2. The second-order valence-corrected chi connectivity index (χ2v) is 13.5. The third kappa shape index (κ3) is 12.7. The molecule has 8 heteroatoms. The molecule has 0 bridgehead atoms. The van der Waals surface area contributed by atoms with Crippen LogP contribution in [-0.2, 0) is 19.1 Å². The molecular formula is C35H60O8. The summed E-state index contributed by atoms with van der Waals surface area (Å²) < 4.78 is 23.3. The first-order valence-corrected chi connectivity index (χ1v) is 16.1. The Labute approximate surface area is 260 Å². The molecule has 0 aliphatic rings. The van der Waals surface area contributed by atoms with Crippen molar-refractivity contribution in [1.82, 2.24) is 0 Å². The second-order valence-electron chi connectivity index (χ2n) is 13.5. The largest absolute Gasteiger partial charge is 0.491 e. The molecule has 3 unspecified atom stereocenters. The lowest BCUT2D eigenvalue weighted by Crippen LogP contribution is -2.50. The van der Waals surface area contributed by atoms with Crippen LogP contribution < -0.4 is 9.47 Å². The first-order valence-electron chi connectivity index (χ1n) is 16.1. The maximum absolute atomic E-state index is 12.9. The zero-order valence-electron chi connectivity index (χ0n) is 28.6. The lowest BCUT2D eigenvalue weighted by atomic mass is 9.64. The number of hydrogen-bond donors (Lipinski definition) is 2. The summed E-state index contributed by atoms with van der Waals surface area (Å²) >= 11 is 0. The summed E-state index contributed by atoms with van der Waals surface area (Å²) in [6.45, 7) is 20.2. The molecule has 0 aromatic heterocycles. The van der Waals surface area contributed by atoms with Crippen molar-refractivity contribution in [3.63, 3.8) is 0 Å². The molecule has 2 N–H and O–H groups in total. The van der Waals surface area contributed by atoms with E-state index in [9.17, 15) is 19.8 Å². The van der Waals surface area contributed by atoms with E-state index in [1.54, 1.807) is 12.1 Å². The Morgan fingerprint density at radius 3 is 1.63 bits per heavy atom. The van der Waals surface area contributed by atoms with Crippen LogP contribution in [0, 0.1) is 10.8 Å². The summed E-state index contributed by atoms with van der Waals surface area (Å²) in [4.78, 5) is 25.2. The van der Waals surface area contributed by atoms with Crippen LogP contribution in [-0.4, -0.2) is 58.8 Å². The smallest absolute Gasteiger partial charge is 0.306 e. The summed E-state index contributed by atoms with van der Waals surface area (Å²) in [7, 11) is 0. The molecule has 1 rings (SSSR count). The van der Waals surface area contributed by atoms with Crippen LogP contribution in [0.15, 0.2) is 24.3 Å². The zero-order chi connectivity index (χ0) is 32.9. The second kappa shape index (κ2) is 17.2.